The van der Waals surface area contributed by atoms with Gasteiger partial charge in [0.25, 0.3) is 0 Å². The third-order valence-corrected chi connectivity index (χ3v) is 3.39. The quantitative estimate of drug-likeness (QED) is 0.647. The molecule has 1 fully saturated rings. The minimum atomic E-state index is -1.40. The highest BCUT2D eigenvalue weighted by Gasteiger charge is 2.30. The van der Waals surface area contributed by atoms with E-state index in [1.54, 1.807) is 0 Å². The van der Waals surface area contributed by atoms with Gasteiger partial charge in [-0.2, -0.15) is 0 Å². The number of benzene rings is 1. The van der Waals surface area contributed by atoms with Crippen LogP contribution in [0.5, 0.6) is 0 Å². The molecule has 0 saturated heterocycles. The van der Waals surface area contributed by atoms with Crippen LogP contribution in [0.1, 0.15) is 37.3 Å². The van der Waals surface area contributed by atoms with Crippen LogP contribution in [0.4, 0.5) is 17.6 Å². The Bertz CT molecular complexity index is 406. The maximum absolute atomic E-state index is 13.5. The first-order valence-corrected chi connectivity index (χ1v) is 5.61. The summed E-state index contributed by atoms with van der Waals surface area (Å²) in [6.45, 7) is 0. The molecule has 0 radical (unpaired) electrons. The summed E-state index contributed by atoms with van der Waals surface area (Å²) in [6.07, 6.45) is 3.33. The maximum Gasteiger partial charge on any atom is 0.166 e. The Morgan fingerprint density at radius 2 is 1.44 bits per heavy atom. The van der Waals surface area contributed by atoms with Crippen LogP contribution in [0.3, 0.4) is 0 Å². The lowest BCUT2D eigenvalue weighted by Crippen LogP contribution is -2.23. The summed E-state index contributed by atoms with van der Waals surface area (Å²) in [5.41, 5.74) is 5.07. The van der Waals surface area contributed by atoms with Crippen molar-refractivity contribution in [1.29, 1.82) is 0 Å². The second-order valence-corrected chi connectivity index (χ2v) is 4.45. The first kappa shape index (κ1) is 15.2. The number of rotatable bonds is 2. The number of nitrogens with two attached hydrogens (primary N) is 1. The summed E-state index contributed by atoms with van der Waals surface area (Å²) in [5, 5.41) is 0. The molecule has 18 heavy (non-hydrogen) atoms. The Kier molecular flexibility index (Phi) is 4.99. The number of hydrogen-bond acceptors (Lipinski definition) is 1. The zero-order valence-electron chi connectivity index (χ0n) is 9.56. The predicted molar refractivity (Wildman–Crippen MR) is 62.4 cm³/mol. The van der Waals surface area contributed by atoms with Gasteiger partial charge in [0.1, 0.15) is 0 Å². The minimum absolute atomic E-state index is 0. The summed E-state index contributed by atoms with van der Waals surface area (Å²) in [6, 6.07) is -0.780. The summed E-state index contributed by atoms with van der Waals surface area (Å²) in [5.74, 6) is -5.65. The average molecular weight is 284 g/mol. The number of hydrogen-bond donors (Lipinski definition) is 1. The van der Waals surface area contributed by atoms with Crippen molar-refractivity contribution in [3.8, 4) is 0 Å². The molecule has 0 spiro atoms. The van der Waals surface area contributed by atoms with Crippen LogP contribution >= 0.6 is 12.4 Å². The van der Waals surface area contributed by atoms with Gasteiger partial charge in [0.2, 0.25) is 0 Å². The van der Waals surface area contributed by atoms with E-state index in [0.717, 1.165) is 25.7 Å². The van der Waals surface area contributed by atoms with E-state index in [4.69, 9.17) is 5.73 Å². The Morgan fingerprint density at radius 3 is 1.89 bits per heavy atom. The molecular weight excluding hydrogens is 270 g/mol. The van der Waals surface area contributed by atoms with E-state index < -0.39 is 34.9 Å². The van der Waals surface area contributed by atoms with Crippen LogP contribution in [-0.4, -0.2) is 0 Å². The van der Waals surface area contributed by atoms with Crippen LogP contribution in [-0.2, 0) is 0 Å². The van der Waals surface area contributed by atoms with Crippen LogP contribution in [0.25, 0.3) is 0 Å². The third-order valence-electron chi connectivity index (χ3n) is 3.39. The van der Waals surface area contributed by atoms with Crippen LogP contribution in [0.15, 0.2) is 6.07 Å². The molecule has 6 heteroatoms. The monoisotopic (exact) mass is 283 g/mol. The van der Waals surface area contributed by atoms with Crippen molar-refractivity contribution in [2.45, 2.75) is 31.7 Å². The largest absolute Gasteiger partial charge is 0.324 e. The zero-order valence-corrected chi connectivity index (χ0v) is 10.4. The summed E-state index contributed by atoms with van der Waals surface area (Å²) in [7, 11) is 0. The van der Waals surface area contributed by atoms with Crippen LogP contribution in [0.2, 0.25) is 0 Å². The van der Waals surface area contributed by atoms with Crippen molar-refractivity contribution in [3.63, 3.8) is 0 Å². The van der Waals surface area contributed by atoms with Crippen molar-refractivity contribution in [2.24, 2.45) is 11.7 Å². The van der Waals surface area contributed by atoms with Gasteiger partial charge in [0.05, 0.1) is 0 Å². The third kappa shape index (κ3) is 2.62. The second kappa shape index (κ2) is 5.89. The molecule has 2 rings (SSSR count). The molecule has 0 bridgehead atoms. The molecule has 0 aliphatic heterocycles. The molecule has 1 aliphatic carbocycles. The highest BCUT2D eigenvalue weighted by atomic mass is 35.5. The van der Waals surface area contributed by atoms with Gasteiger partial charge in [-0.1, -0.05) is 12.8 Å². The molecule has 1 saturated carbocycles. The van der Waals surface area contributed by atoms with Gasteiger partial charge in [-0.15, -0.1) is 12.4 Å². The standard InChI is InChI=1S/C12H13F4N.ClH/c13-7-5-8(14)11(16)9(10(7)15)12(17)6-3-1-2-4-6;/h5-6,12H,1-4,17H2;1H/t12-;/m0./s1. The van der Waals surface area contributed by atoms with Gasteiger partial charge < -0.3 is 5.73 Å². The first-order valence-electron chi connectivity index (χ1n) is 5.61. The fraction of sp³-hybridized carbons (Fsp3) is 0.500. The van der Waals surface area contributed by atoms with E-state index in [1.807, 2.05) is 0 Å². The smallest absolute Gasteiger partial charge is 0.166 e. The Morgan fingerprint density at radius 1 is 1.00 bits per heavy atom. The topological polar surface area (TPSA) is 26.0 Å². The predicted octanol–water partition coefficient (Wildman–Crippen LogP) is 3.85. The lowest BCUT2D eigenvalue weighted by atomic mass is 9.91. The van der Waals surface area contributed by atoms with Gasteiger partial charge in [-0.05, 0) is 18.8 Å². The molecule has 1 aromatic rings. The van der Waals surface area contributed by atoms with Crippen molar-refractivity contribution in [1.82, 2.24) is 0 Å². The first-order chi connectivity index (χ1) is 8.02. The fourth-order valence-corrected chi connectivity index (χ4v) is 2.44. The Labute approximate surface area is 109 Å². The lowest BCUT2D eigenvalue weighted by molar-refractivity contribution is 0.379. The Hall–Kier alpha value is -0.810. The van der Waals surface area contributed by atoms with Gasteiger partial charge in [0.15, 0.2) is 23.3 Å². The molecule has 0 unspecified atom stereocenters. The molecular formula is C12H14ClF4N. The SMILES string of the molecule is Cl.N[C@H](c1c(F)c(F)cc(F)c1F)C1CCCC1. The Balaban J connectivity index is 0.00000162. The van der Waals surface area contributed by atoms with E-state index in [-0.39, 0.29) is 24.4 Å². The van der Waals surface area contributed by atoms with Crippen LogP contribution < -0.4 is 5.73 Å². The van der Waals surface area contributed by atoms with E-state index >= 15 is 0 Å². The molecule has 1 aromatic carbocycles. The van der Waals surface area contributed by atoms with Gasteiger partial charge in [-0.25, -0.2) is 17.6 Å². The lowest BCUT2D eigenvalue weighted by Gasteiger charge is -2.20. The van der Waals surface area contributed by atoms with Crippen molar-refractivity contribution in [3.05, 3.63) is 34.9 Å². The molecule has 1 atom stereocenters. The average Bonchev–Trinajstić information content (AvgIpc) is 2.80. The minimum Gasteiger partial charge on any atom is -0.324 e. The van der Waals surface area contributed by atoms with Crippen molar-refractivity contribution < 1.29 is 17.6 Å². The summed E-state index contributed by atoms with van der Waals surface area (Å²) in [4.78, 5) is 0. The highest BCUT2D eigenvalue weighted by molar-refractivity contribution is 5.85. The normalized spacial score (nSPS) is 17.6. The number of halogens is 5. The summed E-state index contributed by atoms with van der Waals surface area (Å²) < 4.78 is 53.0. The second-order valence-electron chi connectivity index (χ2n) is 4.45. The molecule has 0 aromatic heterocycles. The molecule has 2 N–H and O–H groups in total. The molecule has 0 heterocycles. The van der Waals surface area contributed by atoms with Crippen molar-refractivity contribution >= 4 is 12.4 Å². The molecule has 0 amide bonds. The van der Waals surface area contributed by atoms with Crippen LogP contribution in [0, 0.1) is 29.2 Å². The molecule has 102 valence electrons. The van der Waals surface area contributed by atoms with E-state index in [1.165, 1.54) is 0 Å². The van der Waals surface area contributed by atoms with E-state index in [9.17, 15) is 17.6 Å². The fourth-order valence-electron chi connectivity index (χ4n) is 2.44. The molecule has 1 nitrogen and oxygen atoms in total. The van der Waals surface area contributed by atoms with Crippen molar-refractivity contribution in [2.75, 3.05) is 0 Å². The van der Waals surface area contributed by atoms with Gasteiger partial charge >= 0.3 is 0 Å². The summed E-state index contributed by atoms with van der Waals surface area (Å²) >= 11 is 0. The van der Waals surface area contributed by atoms with E-state index in [2.05, 4.69) is 0 Å². The van der Waals surface area contributed by atoms with Gasteiger partial charge in [-0.3, -0.25) is 0 Å². The zero-order chi connectivity index (χ0) is 12.6. The van der Waals surface area contributed by atoms with Gasteiger partial charge in [0, 0.05) is 17.7 Å². The highest BCUT2D eigenvalue weighted by Crippen LogP contribution is 2.36. The van der Waals surface area contributed by atoms with E-state index in [0.29, 0.717) is 0 Å². The molecule has 1 aliphatic rings. The maximum atomic E-state index is 13.5.